The summed E-state index contributed by atoms with van der Waals surface area (Å²) in [5.74, 6) is 2.03. The van der Waals surface area contributed by atoms with Gasteiger partial charge in [0.2, 0.25) is 0 Å². The number of hydrogen-bond acceptors (Lipinski definition) is 1. The Morgan fingerprint density at radius 1 is 1.00 bits per heavy atom. The van der Waals surface area contributed by atoms with E-state index in [1.165, 1.54) is 38.6 Å². The van der Waals surface area contributed by atoms with E-state index in [9.17, 15) is 0 Å². The van der Waals surface area contributed by atoms with Gasteiger partial charge in [0.1, 0.15) is 0 Å². The van der Waals surface area contributed by atoms with Crippen molar-refractivity contribution < 1.29 is 0 Å². The average molecular weight is 169 g/mol. The summed E-state index contributed by atoms with van der Waals surface area (Å²) >= 11 is 0. The molecule has 0 bridgehead atoms. The third-order valence-corrected chi connectivity index (χ3v) is 3.17. The highest BCUT2D eigenvalue weighted by Gasteiger charge is 2.19. The Balaban J connectivity index is 2.17. The van der Waals surface area contributed by atoms with Crippen LogP contribution >= 0.6 is 0 Å². The minimum Gasteiger partial charge on any atom is -0.309 e. The second kappa shape index (κ2) is 4.86. The van der Waals surface area contributed by atoms with Crippen LogP contribution in [0.2, 0.25) is 0 Å². The molecule has 1 saturated carbocycles. The first kappa shape index (κ1) is 10.0. The summed E-state index contributed by atoms with van der Waals surface area (Å²) in [5, 5.41) is 0. The van der Waals surface area contributed by atoms with E-state index in [-0.39, 0.29) is 0 Å². The summed E-state index contributed by atoms with van der Waals surface area (Å²) < 4.78 is 0. The van der Waals surface area contributed by atoms with Gasteiger partial charge in [-0.2, -0.15) is 0 Å². The Bertz CT molecular complexity index is 112. The standard InChI is InChI=1S/C11H23N/c1-4-10-5-7-11(8-6-10)9-12(2)3/h10-11H,4-9H2,1-3H3. The Morgan fingerprint density at radius 2 is 1.50 bits per heavy atom. The lowest BCUT2D eigenvalue weighted by atomic mass is 9.81. The van der Waals surface area contributed by atoms with Crippen LogP contribution in [0.1, 0.15) is 39.0 Å². The lowest BCUT2D eigenvalue weighted by Crippen LogP contribution is -2.25. The zero-order valence-corrected chi connectivity index (χ0v) is 8.84. The van der Waals surface area contributed by atoms with Crippen molar-refractivity contribution in [1.82, 2.24) is 4.90 Å². The van der Waals surface area contributed by atoms with Gasteiger partial charge in [0.05, 0.1) is 0 Å². The second-order valence-electron chi connectivity index (χ2n) is 4.56. The second-order valence-corrected chi connectivity index (χ2v) is 4.56. The van der Waals surface area contributed by atoms with Crippen molar-refractivity contribution in [3.05, 3.63) is 0 Å². The predicted octanol–water partition coefficient (Wildman–Crippen LogP) is 2.76. The van der Waals surface area contributed by atoms with Gasteiger partial charge in [0.15, 0.2) is 0 Å². The van der Waals surface area contributed by atoms with E-state index in [2.05, 4.69) is 25.9 Å². The molecule has 0 unspecified atom stereocenters. The molecule has 0 aromatic rings. The van der Waals surface area contributed by atoms with Crippen LogP contribution in [0.25, 0.3) is 0 Å². The van der Waals surface area contributed by atoms with E-state index in [4.69, 9.17) is 0 Å². The molecular weight excluding hydrogens is 146 g/mol. The van der Waals surface area contributed by atoms with Crippen LogP contribution in [0, 0.1) is 11.8 Å². The van der Waals surface area contributed by atoms with E-state index in [0.717, 1.165) is 11.8 Å². The van der Waals surface area contributed by atoms with E-state index < -0.39 is 0 Å². The molecular formula is C11H23N. The van der Waals surface area contributed by atoms with E-state index in [1.807, 2.05) is 0 Å². The monoisotopic (exact) mass is 169 g/mol. The molecule has 1 nitrogen and oxygen atoms in total. The average Bonchev–Trinajstić information content (AvgIpc) is 2.05. The first-order chi connectivity index (χ1) is 5.72. The Kier molecular flexibility index (Phi) is 4.07. The molecule has 0 aliphatic heterocycles. The van der Waals surface area contributed by atoms with Crippen LogP contribution in [-0.2, 0) is 0 Å². The number of rotatable bonds is 3. The molecule has 12 heavy (non-hydrogen) atoms. The van der Waals surface area contributed by atoms with Crippen molar-refractivity contribution in [2.75, 3.05) is 20.6 Å². The van der Waals surface area contributed by atoms with Crippen LogP contribution in [0.15, 0.2) is 0 Å². The minimum atomic E-state index is 0.989. The SMILES string of the molecule is CCC1CCC(CN(C)C)CC1. The summed E-state index contributed by atoms with van der Waals surface area (Å²) in [6.07, 6.45) is 7.30. The smallest absolute Gasteiger partial charge is 0.000356 e. The van der Waals surface area contributed by atoms with Gasteiger partial charge < -0.3 is 4.90 Å². The maximum atomic E-state index is 2.33. The third kappa shape index (κ3) is 3.14. The number of nitrogens with zero attached hydrogens (tertiary/aromatic N) is 1. The fraction of sp³-hybridized carbons (Fsp3) is 1.00. The van der Waals surface area contributed by atoms with Crippen molar-refractivity contribution in [2.24, 2.45) is 11.8 Å². The molecule has 1 aliphatic rings. The summed E-state index contributed by atoms with van der Waals surface area (Å²) in [4.78, 5) is 2.33. The first-order valence-corrected chi connectivity index (χ1v) is 5.37. The summed E-state index contributed by atoms with van der Waals surface area (Å²) in [6, 6.07) is 0. The van der Waals surface area contributed by atoms with Crippen molar-refractivity contribution >= 4 is 0 Å². The Labute approximate surface area is 77.1 Å². The van der Waals surface area contributed by atoms with Crippen LogP contribution in [-0.4, -0.2) is 25.5 Å². The molecule has 1 fully saturated rings. The van der Waals surface area contributed by atoms with Crippen molar-refractivity contribution in [2.45, 2.75) is 39.0 Å². The molecule has 0 atom stereocenters. The van der Waals surface area contributed by atoms with Crippen LogP contribution in [0.4, 0.5) is 0 Å². The maximum absolute atomic E-state index is 2.33. The van der Waals surface area contributed by atoms with Gasteiger partial charge in [-0.25, -0.2) is 0 Å². The fourth-order valence-electron chi connectivity index (χ4n) is 2.34. The quantitative estimate of drug-likeness (QED) is 0.628. The molecule has 0 saturated heterocycles. The highest BCUT2D eigenvalue weighted by molar-refractivity contribution is 4.72. The Hall–Kier alpha value is -0.0400. The Morgan fingerprint density at radius 3 is 1.92 bits per heavy atom. The normalized spacial score (nSPS) is 31.0. The zero-order valence-electron chi connectivity index (χ0n) is 8.84. The maximum Gasteiger partial charge on any atom is 0.000356 e. The van der Waals surface area contributed by atoms with Crippen LogP contribution in [0.3, 0.4) is 0 Å². The summed E-state index contributed by atoms with van der Waals surface area (Å²) in [6.45, 7) is 3.63. The zero-order chi connectivity index (χ0) is 8.97. The molecule has 0 spiro atoms. The predicted molar refractivity (Wildman–Crippen MR) is 54.3 cm³/mol. The third-order valence-electron chi connectivity index (χ3n) is 3.17. The van der Waals surface area contributed by atoms with Gasteiger partial charge in [0.25, 0.3) is 0 Å². The van der Waals surface area contributed by atoms with Crippen molar-refractivity contribution in [1.29, 1.82) is 0 Å². The summed E-state index contributed by atoms with van der Waals surface area (Å²) in [7, 11) is 4.37. The molecule has 0 radical (unpaired) electrons. The molecule has 0 heterocycles. The lowest BCUT2D eigenvalue weighted by Gasteiger charge is -2.29. The highest BCUT2D eigenvalue weighted by Crippen LogP contribution is 2.30. The van der Waals surface area contributed by atoms with Gasteiger partial charge in [-0.3, -0.25) is 0 Å². The largest absolute Gasteiger partial charge is 0.309 e. The van der Waals surface area contributed by atoms with Crippen LogP contribution in [0.5, 0.6) is 0 Å². The topological polar surface area (TPSA) is 3.24 Å². The van der Waals surface area contributed by atoms with E-state index >= 15 is 0 Å². The molecule has 1 aliphatic carbocycles. The molecule has 1 rings (SSSR count). The van der Waals surface area contributed by atoms with Gasteiger partial charge in [-0.1, -0.05) is 26.2 Å². The van der Waals surface area contributed by atoms with E-state index in [0.29, 0.717) is 0 Å². The molecule has 0 amide bonds. The minimum absolute atomic E-state index is 0.989. The lowest BCUT2D eigenvalue weighted by molar-refractivity contribution is 0.220. The number of hydrogen-bond donors (Lipinski definition) is 0. The summed E-state index contributed by atoms with van der Waals surface area (Å²) in [5.41, 5.74) is 0. The van der Waals surface area contributed by atoms with Gasteiger partial charge in [-0.05, 0) is 38.8 Å². The van der Waals surface area contributed by atoms with E-state index in [1.54, 1.807) is 0 Å². The highest BCUT2D eigenvalue weighted by atomic mass is 15.1. The fourth-order valence-corrected chi connectivity index (χ4v) is 2.34. The van der Waals surface area contributed by atoms with Gasteiger partial charge >= 0.3 is 0 Å². The van der Waals surface area contributed by atoms with Gasteiger partial charge in [0, 0.05) is 6.54 Å². The first-order valence-electron chi connectivity index (χ1n) is 5.37. The van der Waals surface area contributed by atoms with Crippen molar-refractivity contribution in [3.63, 3.8) is 0 Å². The molecule has 0 aromatic heterocycles. The molecule has 0 aromatic carbocycles. The van der Waals surface area contributed by atoms with Crippen LogP contribution < -0.4 is 0 Å². The molecule has 0 N–H and O–H groups in total. The van der Waals surface area contributed by atoms with Gasteiger partial charge in [-0.15, -0.1) is 0 Å². The molecule has 1 heteroatoms. The molecule has 72 valence electrons. The van der Waals surface area contributed by atoms with Crippen molar-refractivity contribution in [3.8, 4) is 0 Å².